The number of pyridine rings is 1. The largest absolute Gasteiger partial charge is 0.464 e. The molecule has 2 aliphatic carbocycles. The van der Waals surface area contributed by atoms with E-state index in [0.29, 0.717) is 34.1 Å². The SMILES string of the molecule is CC12C=CC=CC1C=Cc1occ(-c3cc4c(cn3)OCO4)c(=O)c12. The van der Waals surface area contributed by atoms with Gasteiger partial charge in [0.25, 0.3) is 0 Å². The third kappa shape index (κ3) is 1.95. The molecule has 0 aromatic carbocycles. The summed E-state index contributed by atoms with van der Waals surface area (Å²) < 4.78 is 16.5. The van der Waals surface area contributed by atoms with Crippen LogP contribution in [0.4, 0.5) is 0 Å². The van der Waals surface area contributed by atoms with Gasteiger partial charge in [0.1, 0.15) is 12.0 Å². The second-order valence-corrected chi connectivity index (χ2v) is 6.55. The van der Waals surface area contributed by atoms with Crippen LogP contribution in [0.2, 0.25) is 0 Å². The number of hydrogen-bond acceptors (Lipinski definition) is 5. The molecule has 2 atom stereocenters. The van der Waals surface area contributed by atoms with Crippen LogP contribution in [0.1, 0.15) is 18.2 Å². The number of ether oxygens (including phenoxy) is 2. The number of nitrogens with zero attached hydrogens (tertiary/aromatic N) is 1. The minimum atomic E-state index is -0.425. The van der Waals surface area contributed by atoms with Gasteiger partial charge in [0, 0.05) is 17.4 Å². The predicted molar refractivity (Wildman–Crippen MR) is 92.5 cm³/mol. The first-order chi connectivity index (χ1) is 12.2. The first kappa shape index (κ1) is 14.3. The lowest BCUT2D eigenvalue weighted by Crippen LogP contribution is -2.37. The summed E-state index contributed by atoms with van der Waals surface area (Å²) in [6, 6.07) is 1.72. The molecule has 3 aliphatic rings. The molecule has 0 fully saturated rings. The summed E-state index contributed by atoms with van der Waals surface area (Å²) in [4.78, 5) is 17.7. The zero-order chi connectivity index (χ0) is 17.0. The van der Waals surface area contributed by atoms with Gasteiger partial charge >= 0.3 is 0 Å². The number of rotatable bonds is 1. The Labute approximate surface area is 143 Å². The average molecular weight is 333 g/mol. The molecule has 0 saturated carbocycles. The highest BCUT2D eigenvalue weighted by molar-refractivity contribution is 5.67. The van der Waals surface area contributed by atoms with E-state index in [2.05, 4.69) is 30.1 Å². The van der Waals surface area contributed by atoms with Crippen LogP contribution < -0.4 is 14.9 Å². The monoisotopic (exact) mass is 333 g/mol. The average Bonchev–Trinajstić information content (AvgIpc) is 3.09. The van der Waals surface area contributed by atoms with Crippen LogP contribution in [-0.2, 0) is 5.41 Å². The molecular formula is C20H15NO4. The van der Waals surface area contributed by atoms with Crippen molar-refractivity contribution in [2.75, 3.05) is 6.79 Å². The van der Waals surface area contributed by atoms with E-state index < -0.39 is 5.41 Å². The van der Waals surface area contributed by atoms with Crippen molar-refractivity contribution in [3.05, 3.63) is 70.5 Å². The second-order valence-electron chi connectivity index (χ2n) is 6.55. The fourth-order valence-electron chi connectivity index (χ4n) is 3.70. The molecule has 0 N–H and O–H groups in total. The molecule has 0 bridgehead atoms. The van der Waals surface area contributed by atoms with E-state index in [1.165, 1.54) is 6.26 Å². The quantitative estimate of drug-likeness (QED) is 0.800. The van der Waals surface area contributed by atoms with Crippen LogP contribution in [-0.4, -0.2) is 11.8 Å². The molecule has 2 aromatic rings. The lowest BCUT2D eigenvalue weighted by Gasteiger charge is -2.36. The maximum absolute atomic E-state index is 13.3. The molecule has 1 aliphatic heterocycles. The molecule has 25 heavy (non-hydrogen) atoms. The second kappa shape index (κ2) is 4.96. The zero-order valence-corrected chi connectivity index (χ0v) is 13.6. The summed E-state index contributed by atoms with van der Waals surface area (Å²) in [6.07, 6.45) is 15.1. The smallest absolute Gasteiger partial charge is 0.231 e. The number of aromatic nitrogens is 1. The van der Waals surface area contributed by atoms with Crippen LogP contribution in [0.15, 0.2) is 58.1 Å². The molecule has 5 heteroatoms. The topological polar surface area (TPSA) is 61.6 Å². The van der Waals surface area contributed by atoms with Crippen molar-refractivity contribution in [1.82, 2.24) is 4.98 Å². The van der Waals surface area contributed by atoms with Gasteiger partial charge in [0.2, 0.25) is 6.79 Å². The predicted octanol–water partition coefficient (Wildman–Crippen LogP) is 3.46. The summed E-state index contributed by atoms with van der Waals surface area (Å²) in [5.41, 5.74) is 1.12. The molecule has 3 heterocycles. The van der Waals surface area contributed by atoms with Gasteiger partial charge in [0.05, 0.1) is 23.0 Å². The lowest BCUT2D eigenvalue weighted by atomic mass is 9.66. The molecule has 0 amide bonds. The van der Waals surface area contributed by atoms with Crippen molar-refractivity contribution >= 4 is 6.08 Å². The maximum Gasteiger partial charge on any atom is 0.231 e. The van der Waals surface area contributed by atoms with Crippen LogP contribution in [0.3, 0.4) is 0 Å². The first-order valence-electron chi connectivity index (χ1n) is 8.13. The summed E-state index contributed by atoms with van der Waals surface area (Å²) in [6.45, 7) is 2.23. The van der Waals surface area contributed by atoms with E-state index in [1.54, 1.807) is 12.3 Å². The Kier molecular flexibility index (Phi) is 2.83. The van der Waals surface area contributed by atoms with Gasteiger partial charge < -0.3 is 13.9 Å². The minimum absolute atomic E-state index is 0.0654. The van der Waals surface area contributed by atoms with Gasteiger partial charge in [0.15, 0.2) is 16.9 Å². The zero-order valence-electron chi connectivity index (χ0n) is 13.6. The molecule has 0 spiro atoms. The highest BCUT2D eigenvalue weighted by Gasteiger charge is 2.39. The van der Waals surface area contributed by atoms with Crippen molar-refractivity contribution < 1.29 is 13.9 Å². The normalized spacial score (nSPS) is 24.9. The molecule has 5 nitrogen and oxygen atoms in total. The van der Waals surface area contributed by atoms with Crippen molar-refractivity contribution in [2.24, 2.45) is 5.92 Å². The van der Waals surface area contributed by atoms with Crippen molar-refractivity contribution in [1.29, 1.82) is 0 Å². The van der Waals surface area contributed by atoms with Gasteiger partial charge in [-0.1, -0.05) is 37.3 Å². The third-order valence-corrected chi connectivity index (χ3v) is 5.12. The lowest BCUT2D eigenvalue weighted by molar-refractivity contribution is 0.174. The number of fused-ring (bicyclic) bond motifs is 4. The molecule has 0 saturated heterocycles. The summed E-state index contributed by atoms with van der Waals surface area (Å²) >= 11 is 0. The Morgan fingerprint density at radius 2 is 2.08 bits per heavy atom. The fraction of sp³-hybridized carbons (Fsp3) is 0.200. The highest BCUT2D eigenvalue weighted by atomic mass is 16.7. The van der Waals surface area contributed by atoms with E-state index in [4.69, 9.17) is 13.9 Å². The van der Waals surface area contributed by atoms with Crippen LogP contribution in [0.5, 0.6) is 11.5 Å². The standard InChI is InChI=1S/C20H15NO4/c1-20-7-3-2-4-12(20)5-6-15-18(20)19(22)13(10-23-15)14-8-16-17(9-21-14)25-11-24-16/h2-10,12H,11H2,1H3. The van der Waals surface area contributed by atoms with E-state index in [-0.39, 0.29) is 18.1 Å². The van der Waals surface area contributed by atoms with E-state index in [1.807, 2.05) is 18.2 Å². The summed E-state index contributed by atoms with van der Waals surface area (Å²) in [5.74, 6) is 1.91. The van der Waals surface area contributed by atoms with Crippen molar-refractivity contribution in [3.63, 3.8) is 0 Å². The van der Waals surface area contributed by atoms with Gasteiger partial charge in [-0.3, -0.25) is 9.78 Å². The van der Waals surface area contributed by atoms with Gasteiger partial charge in [-0.25, -0.2) is 0 Å². The van der Waals surface area contributed by atoms with Crippen molar-refractivity contribution in [2.45, 2.75) is 12.3 Å². The minimum Gasteiger partial charge on any atom is -0.464 e. The molecule has 5 rings (SSSR count). The molecular weight excluding hydrogens is 318 g/mol. The Balaban J connectivity index is 1.71. The summed E-state index contributed by atoms with van der Waals surface area (Å²) in [5, 5.41) is 0. The Bertz CT molecular complexity index is 1030. The van der Waals surface area contributed by atoms with E-state index in [9.17, 15) is 4.79 Å². The van der Waals surface area contributed by atoms with Crippen molar-refractivity contribution in [3.8, 4) is 22.8 Å². The molecule has 2 aromatic heterocycles. The molecule has 0 radical (unpaired) electrons. The van der Waals surface area contributed by atoms with Gasteiger partial charge in [-0.2, -0.15) is 0 Å². The molecule has 2 unspecified atom stereocenters. The summed E-state index contributed by atoms with van der Waals surface area (Å²) in [7, 11) is 0. The Morgan fingerprint density at radius 3 is 3.00 bits per heavy atom. The number of allylic oxidation sites excluding steroid dienone is 5. The Morgan fingerprint density at radius 1 is 1.20 bits per heavy atom. The van der Waals surface area contributed by atoms with Crippen LogP contribution >= 0.6 is 0 Å². The Hall–Kier alpha value is -3.08. The van der Waals surface area contributed by atoms with Gasteiger partial charge in [-0.05, 0) is 6.08 Å². The highest BCUT2D eigenvalue weighted by Crippen LogP contribution is 2.42. The maximum atomic E-state index is 13.3. The van der Waals surface area contributed by atoms with Crippen LogP contribution in [0, 0.1) is 5.92 Å². The molecule has 124 valence electrons. The number of hydrogen-bond donors (Lipinski definition) is 0. The van der Waals surface area contributed by atoms with Gasteiger partial charge in [-0.15, -0.1) is 0 Å². The van der Waals surface area contributed by atoms with E-state index in [0.717, 1.165) is 0 Å². The first-order valence-corrected chi connectivity index (χ1v) is 8.13. The van der Waals surface area contributed by atoms with Crippen LogP contribution in [0.25, 0.3) is 17.3 Å². The fourth-order valence-corrected chi connectivity index (χ4v) is 3.70. The third-order valence-electron chi connectivity index (χ3n) is 5.12. The van der Waals surface area contributed by atoms with E-state index >= 15 is 0 Å².